The van der Waals surface area contributed by atoms with Crippen LogP contribution in [-0.4, -0.2) is 17.4 Å². The molecule has 0 bridgehead atoms. The number of hydrogen-bond acceptors (Lipinski definition) is 4. The molecule has 0 spiro atoms. The summed E-state index contributed by atoms with van der Waals surface area (Å²) in [5.74, 6) is 1.23. The summed E-state index contributed by atoms with van der Waals surface area (Å²) in [6, 6.07) is 7.67. The molecule has 0 fully saturated rings. The smallest absolute Gasteiger partial charge is 0.230 e. The van der Waals surface area contributed by atoms with E-state index >= 15 is 0 Å². The number of hydrogen-bond donors (Lipinski definition) is 2. The molecule has 21 heavy (non-hydrogen) atoms. The number of thiophene rings is 1. The standard InChI is InChI=1S/C16H21N3OS/c1-12(2)7-8-17-13-5-6-15(18-11-13)19-16(20)10-14-4-3-9-21-14/h3-6,9,11-12,17H,7-8,10H2,1-2H3,(H,18,19,20). The van der Waals surface area contributed by atoms with Gasteiger partial charge in [-0.3, -0.25) is 4.79 Å². The van der Waals surface area contributed by atoms with E-state index in [-0.39, 0.29) is 5.91 Å². The number of pyridine rings is 1. The highest BCUT2D eigenvalue weighted by molar-refractivity contribution is 7.10. The second kappa shape index (κ2) is 7.78. The molecule has 2 aromatic heterocycles. The number of carbonyl (C=O) groups is 1. The van der Waals surface area contributed by atoms with Gasteiger partial charge in [0.05, 0.1) is 18.3 Å². The summed E-state index contributed by atoms with van der Waals surface area (Å²) in [7, 11) is 0. The molecule has 0 aromatic carbocycles. The van der Waals surface area contributed by atoms with Gasteiger partial charge in [-0.15, -0.1) is 11.3 Å². The molecule has 0 saturated heterocycles. The molecular formula is C16H21N3OS. The molecule has 2 rings (SSSR count). The minimum absolute atomic E-state index is 0.0366. The van der Waals surface area contributed by atoms with Crippen molar-refractivity contribution in [1.29, 1.82) is 0 Å². The van der Waals surface area contributed by atoms with Gasteiger partial charge in [-0.1, -0.05) is 19.9 Å². The normalized spacial score (nSPS) is 10.6. The van der Waals surface area contributed by atoms with Crippen molar-refractivity contribution < 1.29 is 4.79 Å². The maximum atomic E-state index is 11.9. The highest BCUT2D eigenvalue weighted by atomic mass is 32.1. The Labute approximate surface area is 129 Å². The average molecular weight is 303 g/mol. The van der Waals surface area contributed by atoms with Crippen molar-refractivity contribution in [2.45, 2.75) is 26.7 Å². The molecular weight excluding hydrogens is 282 g/mol. The molecule has 4 nitrogen and oxygen atoms in total. The van der Waals surface area contributed by atoms with E-state index in [0.717, 1.165) is 23.5 Å². The van der Waals surface area contributed by atoms with Gasteiger partial charge < -0.3 is 10.6 Å². The molecule has 0 radical (unpaired) electrons. The van der Waals surface area contributed by atoms with Crippen LogP contribution in [0.15, 0.2) is 35.8 Å². The zero-order chi connectivity index (χ0) is 15.1. The molecule has 0 aliphatic carbocycles. The van der Waals surface area contributed by atoms with E-state index in [4.69, 9.17) is 0 Å². The van der Waals surface area contributed by atoms with E-state index in [1.807, 2.05) is 29.6 Å². The fourth-order valence-electron chi connectivity index (χ4n) is 1.84. The van der Waals surface area contributed by atoms with E-state index in [1.165, 1.54) is 0 Å². The van der Waals surface area contributed by atoms with E-state index in [1.54, 1.807) is 17.5 Å². The molecule has 0 aliphatic heterocycles. The van der Waals surface area contributed by atoms with Gasteiger partial charge in [0.15, 0.2) is 0 Å². The maximum absolute atomic E-state index is 11.9. The lowest BCUT2D eigenvalue weighted by atomic mass is 10.1. The molecule has 0 atom stereocenters. The molecule has 0 unspecified atom stereocenters. The minimum Gasteiger partial charge on any atom is -0.384 e. The number of rotatable bonds is 7. The minimum atomic E-state index is -0.0366. The van der Waals surface area contributed by atoms with Crippen LogP contribution in [0.1, 0.15) is 25.1 Å². The van der Waals surface area contributed by atoms with Crippen molar-refractivity contribution in [2.75, 3.05) is 17.2 Å². The third-order valence-corrected chi connectivity index (χ3v) is 3.87. The summed E-state index contributed by atoms with van der Waals surface area (Å²) in [4.78, 5) is 17.2. The van der Waals surface area contributed by atoms with E-state index in [2.05, 4.69) is 29.5 Å². The highest BCUT2D eigenvalue weighted by Gasteiger charge is 2.05. The van der Waals surface area contributed by atoms with Crippen LogP contribution in [0.3, 0.4) is 0 Å². The Morgan fingerprint density at radius 3 is 2.81 bits per heavy atom. The Balaban J connectivity index is 1.80. The van der Waals surface area contributed by atoms with Crippen molar-refractivity contribution >= 4 is 28.7 Å². The fourth-order valence-corrected chi connectivity index (χ4v) is 2.54. The lowest BCUT2D eigenvalue weighted by Gasteiger charge is -2.09. The lowest BCUT2D eigenvalue weighted by molar-refractivity contribution is -0.115. The van der Waals surface area contributed by atoms with Crippen molar-refractivity contribution in [3.63, 3.8) is 0 Å². The largest absolute Gasteiger partial charge is 0.384 e. The first kappa shape index (κ1) is 15.5. The SMILES string of the molecule is CC(C)CCNc1ccc(NC(=O)Cc2cccs2)nc1. The zero-order valence-corrected chi connectivity index (χ0v) is 13.2. The summed E-state index contributed by atoms with van der Waals surface area (Å²) in [6.07, 6.45) is 3.27. The summed E-state index contributed by atoms with van der Waals surface area (Å²) in [5.41, 5.74) is 0.979. The van der Waals surface area contributed by atoms with Crippen LogP contribution in [0.25, 0.3) is 0 Å². The van der Waals surface area contributed by atoms with Gasteiger partial charge in [-0.05, 0) is 35.9 Å². The lowest BCUT2D eigenvalue weighted by Crippen LogP contribution is -2.14. The van der Waals surface area contributed by atoms with Gasteiger partial charge >= 0.3 is 0 Å². The van der Waals surface area contributed by atoms with Gasteiger partial charge in [-0.25, -0.2) is 4.98 Å². The second-order valence-corrected chi connectivity index (χ2v) is 6.38. The van der Waals surface area contributed by atoms with Gasteiger partial charge in [0.2, 0.25) is 5.91 Å². The molecule has 2 N–H and O–H groups in total. The first-order valence-electron chi connectivity index (χ1n) is 7.15. The third-order valence-electron chi connectivity index (χ3n) is 3.00. The number of nitrogens with zero attached hydrogens (tertiary/aromatic N) is 1. The molecule has 5 heteroatoms. The molecule has 0 saturated carbocycles. The Bertz CT molecular complexity index is 549. The van der Waals surface area contributed by atoms with Crippen LogP contribution >= 0.6 is 11.3 Å². The molecule has 112 valence electrons. The van der Waals surface area contributed by atoms with E-state index < -0.39 is 0 Å². The van der Waals surface area contributed by atoms with Crippen LogP contribution < -0.4 is 10.6 Å². The van der Waals surface area contributed by atoms with Crippen LogP contribution in [0, 0.1) is 5.92 Å². The number of aromatic nitrogens is 1. The molecule has 2 aromatic rings. The quantitative estimate of drug-likeness (QED) is 0.818. The predicted molar refractivity (Wildman–Crippen MR) is 88.8 cm³/mol. The first-order chi connectivity index (χ1) is 10.1. The Morgan fingerprint density at radius 2 is 2.19 bits per heavy atom. The highest BCUT2D eigenvalue weighted by Crippen LogP contribution is 2.13. The predicted octanol–water partition coefficient (Wildman–Crippen LogP) is 3.78. The number of carbonyl (C=O) groups excluding carboxylic acids is 1. The molecule has 1 amide bonds. The average Bonchev–Trinajstić information content (AvgIpc) is 2.93. The van der Waals surface area contributed by atoms with Crippen LogP contribution in [0.5, 0.6) is 0 Å². The van der Waals surface area contributed by atoms with Crippen LogP contribution in [-0.2, 0) is 11.2 Å². The second-order valence-electron chi connectivity index (χ2n) is 5.35. The summed E-state index contributed by atoms with van der Waals surface area (Å²) in [6.45, 7) is 5.34. The van der Waals surface area contributed by atoms with E-state index in [9.17, 15) is 4.79 Å². The van der Waals surface area contributed by atoms with Crippen molar-refractivity contribution in [3.05, 3.63) is 40.7 Å². The Kier molecular flexibility index (Phi) is 5.75. The third kappa shape index (κ3) is 5.55. The number of nitrogens with one attached hydrogen (secondary N) is 2. The first-order valence-corrected chi connectivity index (χ1v) is 8.03. The van der Waals surface area contributed by atoms with Crippen LogP contribution in [0.4, 0.5) is 11.5 Å². The van der Waals surface area contributed by atoms with Gasteiger partial charge in [0, 0.05) is 11.4 Å². The monoisotopic (exact) mass is 303 g/mol. The van der Waals surface area contributed by atoms with Gasteiger partial charge in [0.1, 0.15) is 5.82 Å². The van der Waals surface area contributed by atoms with Crippen molar-refractivity contribution in [1.82, 2.24) is 4.98 Å². The Hall–Kier alpha value is -1.88. The van der Waals surface area contributed by atoms with Crippen LogP contribution in [0.2, 0.25) is 0 Å². The number of amides is 1. The topological polar surface area (TPSA) is 54.0 Å². The zero-order valence-electron chi connectivity index (χ0n) is 12.4. The van der Waals surface area contributed by atoms with E-state index in [0.29, 0.717) is 18.2 Å². The summed E-state index contributed by atoms with van der Waals surface area (Å²) >= 11 is 1.58. The van der Waals surface area contributed by atoms with Gasteiger partial charge in [0.25, 0.3) is 0 Å². The fraction of sp³-hybridized carbons (Fsp3) is 0.375. The summed E-state index contributed by atoms with van der Waals surface area (Å²) in [5, 5.41) is 8.10. The Morgan fingerprint density at radius 1 is 1.33 bits per heavy atom. The van der Waals surface area contributed by atoms with Crippen molar-refractivity contribution in [3.8, 4) is 0 Å². The summed E-state index contributed by atoms with van der Waals surface area (Å²) < 4.78 is 0. The van der Waals surface area contributed by atoms with Gasteiger partial charge in [-0.2, -0.15) is 0 Å². The molecule has 2 heterocycles. The number of anilines is 2. The van der Waals surface area contributed by atoms with Crippen molar-refractivity contribution in [2.24, 2.45) is 5.92 Å². The maximum Gasteiger partial charge on any atom is 0.230 e. The molecule has 0 aliphatic rings.